The molecule has 0 N–H and O–H groups in total. The summed E-state index contributed by atoms with van der Waals surface area (Å²) in [6, 6.07) is 0. The molecule has 1 rings (SSSR count). The van der Waals surface area contributed by atoms with E-state index < -0.39 is 0 Å². The highest BCUT2D eigenvalue weighted by molar-refractivity contribution is 8.95. The van der Waals surface area contributed by atoms with Crippen LogP contribution in [0.4, 0.5) is 0 Å². The van der Waals surface area contributed by atoms with E-state index in [1.165, 1.54) is 11.5 Å². The van der Waals surface area contributed by atoms with Gasteiger partial charge in [0.05, 0.1) is 0 Å². The fraction of sp³-hybridized carbons (Fsp3) is 1.00. The van der Waals surface area contributed by atoms with Crippen LogP contribution in [0.25, 0.3) is 0 Å². The maximum atomic E-state index is 5.70. The number of hydrogen-bond acceptors (Lipinski definition) is 2. The van der Waals surface area contributed by atoms with Crippen LogP contribution in [0, 0.1) is 0 Å². The number of rotatable bonds is 0. The highest BCUT2D eigenvalue weighted by Crippen LogP contribution is 2.69. The molecule has 0 saturated carbocycles. The van der Waals surface area contributed by atoms with Crippen molar-refractivity contribution >= 4 is 39.7 Å². The molecule has 1 fully saturated rings. The average Bonchev–Trinajstić information content (AvgIpc) is 1.86. The first-order chi connectivity index (χ1) is 2.89. The minimum atomic E-state index is -0.159. The molecule has 1 aliphatic rings. The van der Waals surface area contributed by atoms with Gasteiger partial charge < -0.3 is 0 Å². The molecule has 0 bridgehead atoms. The molecule has 0 aliphatic carbocycles. The maximum absolute atomic E-state index is 5.70. The van der Waals surface area contributed by atoms with Crippen molar-refractivity contribution in [1.29, 1.82) is 0 Å². The minimum Gasteiger partial charge on any atom is -0.106 e. The van der Waals surface area contributed by atoms with E-state index in [2.05, 4.69) is 0 Å². The third-order valence-electron chi connectivity index (χ3n) is 0.469. The zero-order chi connectivity index (χ0) is 4.41. The molecule has 0 unspecified atom stereocenters. The molecule has 0 aromatic rings. The SMILES string of the molecule is ClP1SCCS1. The van der Waals surface area contributed by atoms with Crippen molar-refractivity contribution in [3.8, 4) is 0 Å². The second kappa shape index (κ2) is 2.66. The summed E-state index contributed by atoms with van der Waals surface area (Å²) in [6.07, 6.45) is 0. The van der Waals surface area contributed by atoms with Gasteiger partial charge in [-0.15, -0.1) is 22.8 Å². The second-order valence-electron chi connectivity index (χ2n) is 0.879. The van der Waals surface area contributed by atoms with Crippen LogP contribution < -0.4 is 0 Å². The lowest BCUT2D eigenvalue weighted by atomic mass is 11.0. The van der Waals surface area contributed by atoms with Gasteiger partial charge in [0.25, 0.3) is 0 Å². The van der Waals surface area contributed by atoms with Crippen LogP contribution >= 0.6 is 39.7 Å². The Labute approximate surface area is 51.4 Å². The molecule has 0 aromatic heterocycles. The Hall–Kier alpha value is 1.42. The summed E-state index contributed by atoms with van der Waals surface area (Å²) in [5, 5.41) is 0. The van der Waals surface area contributed by atoms with Gasteiger partial charge in [-0.2, -0.15) is 0 Å². The van der Waals surface area contributed by atoms with Crippen molar-refractivity contribution in [2.75, 3.05) is 11.5 Å². The molecular weight excluding hydrogens is 155 g/mol. The third kappa shape index (κ3) is 1.49. The van der Waals surface area contributed by atoms with Crippen LogP contribution in [0.15, 0.2) is 0 Å². The van der Waals surface area contributed by atoms with Gasteiger partial charge in [-0.25, -0.2) is 0 Å². The van der Waals surface area contributed by atoms with Gasteiger partial charge in [-0.1, -0.05) is 11.2 Å². The van der Waals surface area contributed by atoms with Gasteiger partial charge in [0.2, 0.25) is 0 Å². The Bertz CT molecular complexity index is 44.8. The third-order valence-corrected chi connectivity index (χ3v) is 7.87. The highest BCUT2D eigenvalue weighted by Gasteiger charge is 2.11. The van der Waals surface area contributed by atoms with Crippen molar-refractivity contribution < 1.29 is 0 Å². The van der Waals surface area contributed by atoms with E-state index in [1.807, 2.05) is 22.8 Å². The summed E-state index contributed by atoms with van der Waals surface area (Å²) in [5.41, 5.74) is -0.159. The Morgan fingerprint density at radius 3 is 2.00 bits per heavy atom. The summed E-state index contributed by atoms with van der Waals surface area (Å²) < 4.78 is 0. The summed E-state index contributed by atoms with van der Waals surface area (Å²) in [5.74, 6) is 2.53. The first kappa shape index (κ1) is 5.55. The smallest absolute Gasteiger partial charge is 0.106 e. The van der Waals surface area contributed by atoms with Crippen LogP contribution in [0.2, 0.25) is 0 Å². The average molecular weight is 159 g/mol. The van der Waals surface area contributed by atoms with E-state index in [0.29, 0.717) is 0 Å². The summed E-state index contributed by atoms with van der Waals surface area (Å²) >= 11 is 9.48. The molecule has 0 spiro atoms. The fourth-order valence-electron chi connectivity index (χ4n) is 0.255. The summed E-state index contributed by atoms with van der Waals surface area (Å²) in [6.45, 7) is 0. The molecule has 36 valence electrons. The lowest BCUT2D eigenvalue weighted by Crippen LogP contribution is -1.64. The fourth-order valence-corrected chi connectivity index (χ4v) is 6.89. The molecule has 0 atom stereocenters. The Morgan fingerprint density at radius 1 is 1.33 bits per heavy atom. The van der Waals surface area contributed by atoms with Crippen LogP contribution in [-0.2, 0) is 0 Å². The Kier molecular flexibility index (Phi) is 2.46. The topological polar surface area (TPSA) is 0 Å². The van der Waals surface area contributed by atoms with E-state index in [1.54, 1.807) is 0 Å². The molecule has 0 radical (unpaired) electrons. The predicted molar refractivity (Wildman–Crippen MR) is 37.7 cm³/mol. The van der Waals surface area contributed by atoms with Crippen molar-refractivity contribution in [3.05, 3.63) is 0 Å². The van der Waals surface area contributed by atoms with Crippen molar-refractivity contribution in [1.82, 2.24) is 0 Å². The Balaban J connectivity index is 2.18. The summed E-state index contributed by atoms with van der Waals surface area (Å²) in [7, 11) is 0. The monoisotopic (exact) mass is 158 g/mol. The van der Waals surface area contributed by atoms with Crippen molar-refractivity contribution in [3.63, 3.8) is 0 Å². The highest BCUT2D eigenvalue weighted by atomic mass is 35.7. The van der Waals surface area contributed by atoms with Crippen LogP contribution in [-0.4, -0.2) is 11.5 Å². The van der Waals surface area contributed by atoms with Crippen molar-refractivity contribution in [2.45, 2.75) is 0 Å². The van der Waals surface area contributed by atoms with Crippen LogP contribution in [0.5, 0.6) is 0 Å². The van der Waals surface area contributed by atoms with Gasteiger partial charge in [-0.3, -0.25) is 0 Å². The molecule has 6 heavy (non-hydrogen) atoms. The van der Waals surface area contributed by atoms with Gasteiger partial charge in [0.15, 0.2) is 0 Å². The van der Waals surface area contributed by atoms with Gasteiger partial charge >= 0.3 is 0 Å². The first-order valence-electron chi connectivity index (χ1n) is 1.61. The lowest BCUT2D eigenvalue weighted by Gasteiger charge is -1.86. The van der Waals surface area contributed by atoms with Crippen LogP contribution in [0.1, 0.15) is 0 Å². The predicted octanol–water partition coefficient (Wildman–Crippen LogP) is 2.93. The second-order valence-corrected chi connectivity index (χ2v) is 9.29. The Morgan fingerprint density at radius 2 is 1.83 bits per heavy atom. The van der Waals surface area contributed by atoms with E-state index in [4.69, 9.17) is 11.2 Å². The van der Waals surface area contributed by atoms with E-state index in [0.717, 1.165) is 0 Å². The number of halogens is 1. The normalized spacial score (nSPS) is 25.5. The molecular formula is C2H4ClPS2. The van der Waals surface area contributed by atoms with Gasteiger partial charge in [0.1, 0.15) is 5.68 Å². The molecule has 0 amide bonds. The molecule has 1 aliphatic heterocycles. The molecule has 0 nitrogen and oxygen atoms in total. The largest absolute Gasteiger partial charge is 0.109 e. The van der Waals surface area contributed by atoms with Crippen molar-refractivity contribution in [2.24, 2.45) is 0 Å². The number of hydrogen-bond donors (Lipinski definition) is 0. The minimum absolute atomic E-state index is 0.159. The van der Waals surface area contributed by atoms with E-state index in [9.17, 15) is 0 Å². The standard InChI is InChI=1S/C2H4ClPS2/c3-4-5-1-2-6-4/h1-2H2. The quantitative estimate of drug-likeness (QED) is 0.498. The zero-order valence-electron chi connectivity index (χ0n) is 3.06. The molecule has 1 saturated heterocycles. The zero-order valence-corrected chi connectivity index (χ0v) is 6.34. The van der Waals surface area contributed by atoms with Crippen LogP contribution in [0.3, 0.4) is 0 Å². The molecule has 4 heteroatoms. The lowest BCUT2D eigenvalue weighted by molar-refractivity contribution is 1.59. The van der Waals surface area contributed by atoms with E-state index in [-0.39, 0.29) is 5.68 Å². The molecule has 1 heterocycles. The molecule has 0 aromatic carbocycles. The summed E-state index contributed by atoms with van der Waals surface area (Å²) in [4.78, 5) is 0. The maximum Gasteiger partial charge on any atom is 0.109 e. The van der Waals surface area contributed by atoms with E-state index >= 15 is 0 Å². The first-order valence-corrected chi connectivity index (χ1v) is 7.04. The van der Waals surface area contributed by atoms with Gasteiger partial charge in [0, 0.05) is 11.5 Å². The van der Waals surface area contributed by atoms with Gasteiger partial charge in [-0.05, 0) is 0 Å².